The summed E-state index contributed by atoms with van der Waals surface area (Å²) in [6.07, 6.45) is 51.1. The predicted molar refractivity (Wildman–Crippen MR) is 257 cm³/mol. The summed E-state index contributed by atoms with van der Waals surface area (Å²) >= 11 is 0. The number of rotatable bonds is 49. The second-order valence-corrected chi connectivity index (χ2v) is 19.0. The average molecular weight is 849 g/mol. The molecule has 0 spiro atoms. The fourth-order valence-electron chi connectivity index (χ4n) is 8.22. The number of hydrogen-bond acceptors (Lipinski definition) is 6. The molecule has 0 saturated carbocycles. The van der Waals surface area contributed by atoms with Crippen molar-refractivity contribution in [3.63, 3.8) is 0 Å². The molecule has 0 saturated heterocycles. The molecule has 0 rings (SSSR count). The number of carbonyl (C=O) groups excluding carboxylic acids is 3. The van der Waals surface area contributed by atoms with Gasteiger partial charge in [0.15, 0.2) is 6.10 Å². The van der Waals surface area contributed by atoms with E-state index in [4.69, 9.17) is 14.2 Å². The lowest BCUT2D eigenvalue weighted by atomic mass is 10.0. The van der Waals surface area contributed by atoms with Crippen LogP contribution in [-0.4, -0.2) is 37.2 Å². The van der Waals surface area contributed by atoms with E-state index in [1.54, 1.807) is 0 Å². The highest BCUT2D eigenvalue weighted by molar-refractivity contribution is 5.71. The molecular formula is C54H104O6. The molecule has 0 aliphatic heterocycles. The Morgan fingerprint density at radius 2 is 0.550 bits per heavy atom. The fourth-order valence-corrected chi connectivity index (χ4v) is 8.22. The minimum absolute atomic E-state index is 0.0635. The molecular weight excluding hydrogens is 745 g/mol. The number of ether oxygens (including phenoxy) is 3. The number of carbonyl (C=O) groups is 3. The van der Waals surface area contributed by atoms with E-state index in [1.807, 2.05) is 0 Å². The van der Waals surface area contributed by atoms with Gasteiger partial charge in [0.25, 0.3) is 0 Å². The molecule has 0 aromatic heterocycles. The first-order valence-corrected chi connectivity index (χ1v) is 26.9. The van der Waals surface area contributed by atoms with Crippen molar-refractivity contribution in [1.82, 2.24) is 0 Å². The Balaban J connectivity index is 4.23. The molecule has 0 heterocycles. The molecule has 0 radical (unpaired) electrons. The molecule has 6 nitrogen and oxygen atoms in total. The number of hydrogen-bond donors (Lipinski definition) is 0. The lowest BCUT2D eigenvalue weighted by Gasteiger charge is -2.18. The summed E-state index contributed by atoms with van der Waals surface area (Å²) in [4.78, 5) is 37.9. The molecule has 0 N–H and O–H groups in total. The molecule has 6 heteroatoms. The summed E-state index contributed by atoms with van der Waals surface area (Å²) < 4.78 is 16.8. The first kappa shape index (κ1) is 58.4. The zero-order chi connectivity index (χ0) is 43.8. The van der Waals surface area contributed by atoms with E-state index in [0.717, 1.165) is 63.7 Å². The smallest absolute Gasteiger partial charge is 0.306 e. The third-order valence-electron chi connectivity index (χ3n) is 12.3. The van der Waals surface area contributed by atoms with Crippen molar-refractivity contribution >= 4 is 17.9 Å². The number of unbranched alkanes of at least 4 members (excludes halogenated alkanes) is 36. The Morgan fingerprint density at radius 3 is 0.817 bits per heavy atom. The van der Waals surface area contributed by atoms with E-state index >= 15 is 0 Å². The van der Waals surface area contributed by atoms with Crippen LogP contribution in [0.3, 0.4) is 0 Å². The van der Waals surface area contributed by atoms with Gasteiger partial charge in [-0.15, -0.1) is 0 Å². The van der Waals surface area contributed by atoms with Crippen molar-refractivity contribution in [3.05, 3.63) is 0 Å². The van der Waals surface area contributed by atoms with Gasteiger partial charge in [-0.25, -0.2) is 0 Å². The molecule has 60 heavy (non-hydrogen) atoms. The van der Waals surface area contributed by atoms with E-state index < -0.39 is 6.10 Å². The van der Waals surface area contributed by atoms with Crippen molar-refractivity contribution in [3.8, 4) is 0 Å². The standard InChI is InChI=1S/C54H104O6/c1-5-7-9-11-13-15-17-19-21-22-23-24-25-27-29-31-33-39-43-47-54(57)60-51(49-59-53(56)46-42-38-35-34-36-40-44-50(3)4)48-58-52(55)45-41-37-32-30-28-26-20-18-16-14-12-10-8-6-2/h50-51H,5-49H2,1-4H3/t51-/m1/s1. The largest absolute Gasteiger partial charge is 0.462 e. The van der Waals surface area contributed by atoms with Gasteiger partial charge in [-0.05, 0) is 25.2 Å². The van der Waals surface area contributed by atoms with Gasteiger partial charge in [0.2, 0.25) is 0 Å². The minimum atomic E-state index is -0.761. The first-order valence-electron chi connectivity index (χ1n) is 26.9. The van der Waals surface area contributed by atoms with Crippen molar-refractivity contribution in [2.24, 2.45) is 5.92 Å². The highest BCUT2D eigenvalue weighted by Crippen LogP contribution is 2.17. The average Bonchev–Trinajstić information content (AvgIpc) is 3.23. The van der Waals surface area contributed by atoms with Crippen LogP contribution in [0.1, 0.15) is 304 Å². The Bertz CT molecular complexity index is 903. The van der Waals surface area contributed by atoms with Crippen LogP contribution in [0.15, 0.2) is 0 Å². The molecule has 0 aliphatic carbocycles. The minimum Gasteiger partial charge on any atom is -0.462 e. The zero-order valence-corrected chi connectivity index (χ0v) is 40.9. The van der Waals surface area contributed by atoms with E-state index in [9.17, 15) is 14.4 Å². The molecule has 1 atom stereocenters. The maximum Gasteiger partial charge on any atom is 0.306 e. The quantitative estimate of drug-likeness (QED) is 0.0345. The molecule has 0 aliphatic rings. The van der Waals surface area contributed by atoms with Crippen molar-refractivity contribution in [2.45, 2.75) is 310 Å². The molecule has 0 fully saturated rings. The second-order valence-electron chi connectivity index (χ2n) is 19.0. The predicted octanol–water partition coefficient (Wildman–Crippen LogP) is 17.5. The first-order chi connectivity index (χ1) is 29.4. The van der Waals surface area contributed by atoms with Crippen LogP contribution in [0, 0.1) is 5.92 Å². The van der Waals surface area contributed by atoms with Crippen LogP contribution in [-0.2, 0) is 28.6 Å². The van der Waals surface area contributed by atoms with Crippen LogP contribution in [0.5, 0.6) is 0 Å². The van der Waals surface area contributed by atoms with Gasteiger partial charge in [-0.3, -0.25) is 14.4 Å². The van der Waals surface area contributed by atoms with Crippen LogP contribution < -0.4 is 0 Å². The van der Waals surface area contributed by atoms with Crippen LogP contribution >= 0.6 is 0 Å². The van der Waals surface area contributed by atoms with Crippen LogP contribution in [0.25, 0.3) is 0 Å². The summed E-state index contributed by atoms with van der Waals surface area (Å²) in [5.41, 5.74) is 0. The highest BCUT2D eigenvalue weighted by Gasteiger charge is 2.19. The molecule has 356 valence electrons. The van der Waals surface area contributed by atoms with E-state index in [0.29, 0.717) is 19.3 Å². The number of esters is 3. The normalized spacial score (nSPS) is 11.9. The van der Waals surface area contributed by atoms with Crippen LogP contribution in [0.2, 0.25) is 0 Å². The summed E-state index contributed by atoms with van der Waals surface area (Å²) in [5, 5.41) is 0. The zero-order valence-electron chi connectivity index (χ0n) is 40.9. The maximum atomic E-state index is 12.8. The van der Waals surface area contributed by atoms with Gasteiger partial charge in [0.1, 0.15) is 13.2 Å². The van der Waals surface area contributed by atoms with Gasteiger partial charge in [-0.1, -0.05) is 265 Å². The van der Waals surface area contributed by atoms with Crippen molar-refractivity contribution in [2.75, 3.05) is 13.2 Å². The van der Waals surface area contributed by atoms with Crippen molar-refractivity contribution < 1.29 is 28.6 Å². The van der Waals surface area contributed by atoms with Crippen LogP contribution in [0.4, 0.5) is 0 Å². The van der Waals surface area contributed by atoms with Gasteiger partial charge < -0.3 is 14.2 Å². The Kier molecular flexibility index (Phi) is 47.2. The third kappa shape index (κ3) is 47.5. The van der Waals surface area contributed by atoms with E-state index in [1.165, 1.54) is 199 Å². The Hall–Kier alpha value is -1.59. The summed E-state index contributed by atoms with van der Waals surface area (Å²) in [6, 6.07) is 0. The second kappa shape index (κ2) is 48.4. The maximum absolute atomic E-state index is 12.8. The lowest BCUT2D eigenvalue weighted by Crippen LogP contribution is -2.30. The summed E-state index contributed by atoms with van der Waals surface area (Å²) in [6.45, 7) is 8.97. The Morgan fingerprint density at radius 1 is 0.317 bits per heavy atom. The van der Waals surface area contributed by atoms with Gasteiger partial charge >= 0.3 is 17.9 Å². The molecule has 0 amide bonds. The Labute approximate surface area is 374 Å². The molecule has 0 bridgehead atoms. The molecule has 0 unspecified atom stereocenters. The third-order valence-corrected chi connectivity index (χ3v) is 12.3. The topological polar surface area (TPSA) is 78.9 Å². The van der Waals surface area contributed by atoms with Gasteiger partial charge in [0, 0.05) is 19.3 Å². The fraction of sp³-hybridized carbons (Fsp3) is 0.944. The van der Waals surface area contributed by atoms with Gasteiger partial charge in [-0.2, -0.15) is 0 Å². The van der Waals surface area contributed by atoms with E-state index in [2.05, 4.69) is 27.7 Å². The molecule has 0 aromatic carbocycles. The van der Waals surface area contributed by atoms with Gasteiger partial charge in [0.05, 0.1) is 0 Å². The summed E-state index contributed by atoms with van der Waals surface area (Å²) in [7, 11) is 0. The van der Waals surface area contributed by atoms with E-state index in [-0.39, 0.29) is 31.1 Å². The summed E-state index contributed by atoms with van der Waals surface area (Å²) in [5.74, 6) is -0.0841. The lowest BCUT2D eigenvalue weighted by molar-refractivity contribution is -0.167. The highest BCUT2D eigenvalue weighted by atomic mass is 16.6. The molecule has 0 aromatic rings. The van der Waals surface area contributed by atoms with Crippen molar-refractivity contribution in [1.29, 1.82) is 0 Å². The SMILES string of the molecule is CCCCCCCCCCCCCCCCCCCCCC(=O)O[C@H](COC(=O)CCCCCCCCCCCCCCCC)COC(=O)CCCCCCCCC(C)C. The monoisotopic (exact) mass is 849 g/mol.